The van der Waals surface area contributed by atoms with Crippen molar-refractivity contribution in [1.29, 1.82) is 5.26 Å². The largest absolute Gasteiger partial charge is 0.334 e. The number of hydrogen-bond donors (Lipinski definition) is 2. The van der Waals surface area contributed by atoms with Crippen LogP contribution >= 0.6 is 34.8 Å². The number of carbonyl (C=O) groups excluding carboxylic acids is 2. The molecule has 0 spiro atoms. The molecule has 2 unspecified atom stereocenters. The number of carbonyl (C=O) groups is 2. The Bertz CT molecular complexity index is 1200. The summed E-state index contributed by atoms with van der Waals surface area (Å²) >= 11 is 18.6. The summed E-state index contributed by atoms with van der Waals surface area (Å²) in [6.45, 7) is 0. The van der Waals surface area contributed by atoms with Crippen LogP contribution in [0.15, 0.2) is 36.4 Å². The second-order valence-electron chi connectivity index (χ2n) is 8.08. The van der Waals surface area contributed by atoms with Crippen molar-refractivity contribution < 1.29 is 22.8 Å². The first-order valence-electron chi connectivity index (χ1n) is 9.78. The maximum absolute atomic E-state index is 13.8. The van der Waals surface area contributed by atoms with Gasteiger partial charge in [-0.1, -0.05) is 11.6 Å². The monoisotopic (exact) mass is 515 g/mol. The predicted octanol–water partition coefficient (Wildman–Crippen LogP) is 5.73. The average molecular weight is 517 g/mol. The second-order valence-corrected chi connectivity index (χ2v) is 9.93. The molecule has 172 valence electrons. The Morgan fingerprint density at radius 1 is 1.15 bits per heavy atom. The predicted molar refractivity (Wildman–Crippen MR) is 117 cm³/mol. The molecule has 5 nitrogen and oxygen atoms in total. The molecule has 2 fully saturated rings. The summed E-state index contributed by atoms with van der Waals surface area (Å²) in [5.74, 6) is -4.05. The highest BCUT2D eigenvalue weighted by Crippen LogP contribution is 2.65. The number of nitrogens with one attached hydrogen (secondary N) is 2. The van der Waals surface area contributed by atoms with E-state index in [1.807, 2.05) is 6.07 Å². The van der Waals surface area contributed by atoms with Crippen molar-refractivity contribution >= 4 is 52.3 Å². The van der Waals surface area contributed by atoms with E-state index in [1.165, 1.54) is 18.2 Å². The molecule has 0 radical (unpaired) electrons. The van der Waals surface area contributed by atoms with E-state index >= 15 is 0 Å². The van der Waals surface area contributed by atoms with E-state index in [1.54, 1.807) is 0 Å². The van der Waals surface area contributed by atoms with Crippen molar-refractivity contribution in [2.75, 3.05) is 5.32 Å². The summed E-state index contributed by atoms with van der Waals surface area (Å²) in [6, 6.07) is 9.01. The van der Waals surface area contributed by atoms with Crippen LogP contribution in [0, 0.1) is 23.1 Å². The molecule has 2 atom stereocenters. The average Bonchev–Trinajstić information content (AvgIpc) is 3.63. The zero-order chi connectivity index (χ0) is 24.1. The summed E-state index contributed by atoms with van der Waals surface area (Å²) in [6.07, 6.45) is -1.83. The van der Waals surface area contributed by atoms with E-state index in [9.17, 15) is 22.8 Å². The highest BCUT2D eigenvalue weighted by Gasteiger charge is 2.67. The first-order valence-corrected chi connectivity index (χ1v) is 10.9. The summed E-state index contributed by atoms with van der Waals surface area (Å²) in [7, 11) is 0. The molecule has 2 N–H and O–H groups in total. The number of nitrogens with zero attached hydrogens (tertiary/aromatic N) is 1. The van der Waals surface area contributed by atoms with E-state index in [2.05, 4.69) is 10.6 Å². The highest BCUT2D eigenvalue weighted by atomic mass is 35.5. The third-order valence-electron chi connectivity index (χ3n) is 5.68. The maximum Gasteiger partial charge on any atom is 0.263 e. The van der Waals surface area contributed by atoms with Gasteiger partial charge in [0.1, 0.15) is 15.7 Å². The van der Waals surface area contributed by atoms with Crippen molar-refractivity contribution in [3.05, 3.63) is 63.9 Å². The lowest BCUT2D eigenvalue weighted by Crippen LogP contribution is -2.35. The van der Waals surface area contributed by atoms with E-state index < -0.39 is 51.3 Å². The molecule has 0 heterocycles. The van der Waals surface area contributed by atoms with Crippen LogP contribution in [0.3, 0.4) is 0 Å². The molecule has 2 aliphatic rings. The van der Waals surface area contributed by atoms with Crippen molar-refractivity contribution in [2.45, 2.75) is 35.1 Å². The van der Waals surface area contributed by atoms with E-state index in [4.69, 9.17) is 40.1 Å². The fourth-order valence-corrected chi connectivity index (χ4v) is 4.71. The topological polar surface area (TPSA) is 82.0 Å². The number of anilines is 1. The number of rotatable bonds is 6. The third-order valence-corrected chi connectivity index (χ3v) is 6.95. The van der Waals surface area contributed by atoms with Gasteiger partial charge in [0.05, 0.1) is 22.6 Å². The van der Waals surface area contributed by atoms with Gasteiger partial charge in [0, 0.05) is 17.2 Å². The summed E-state index contributed by atoms with van der Waals surface area (Å²) < 4.78 is 38.3. The van der Waals surface area contributed by atoms with Crippen LogP contribution in [-0.2, 0) is 4.79 Å². The van der Waals surface area contributed by atoms with Crippen LogP contribution in [0.1, 0.15) is 46.7 Å². The SMILES string of the molecule is N#CC1(NC(=O)c2cc(NC(=O)C3C(c4cc(F)cc(C(F)F)c4)C3(Cl)Cl)ccc2Cl)CC1. The maximum atomic E-state index is 13.8. The fourth-order valence-electron chi connectivity index (χ4n) is 3.68. The van der Waals surface area contributed by atoms with E-state index in [0.29, 0.717) is 18.9 Å². The third kappa shape index (κ3) is 4.63. The van der Waals surface area contributed by atoms with Crippen LogP contribution in [-0.4, -0.2) is 21.7 Å². The standard InChI is InChI=1S/C22H15Cl3F3N3O2/c23-15-2-1-13(8-14(15)19(32)31-21(9-29)3-4-21)30-20(33)17-16(22(17,24)25)10-5-11(18(27)28)7-12(26)6-10/h1-2,5-8,16-18H,3-4H2,(H,30,33)(H,31,32). The lowest BCUT2D eigenvalue weighted by atomic mass is 10.0. The smallest absolute Gasteiger partial charge is 0.263 e. The number of alkyl halides is 4. The molecule has 4 rings (SSSR count). The van der Waals surface area contributed by atoms with E-state index in [-0.39, 0.29) is 21.8 Å². The first kappa shape index (κ1) is 23.7. The van der Waals surface area contributed by atoms with Gasteiger partial charge in [-0.2, -0.15) is 5.26 Å². The molecule has 2 amide bonds. The van der Waals surface area contributed by atoms with Gasteiger partial charge >= 0.3 is 0 Å². The zero-order valence-corrected chi connectivity index (χ0v) is 18.9. The number of nitriles is 1. The number of hydrogen-bond acceptors (Lipinski definition) is 3. The lowest BCUT2D eigenvalue weighted by molar-refractivity contribution is -0.117. The Morgan fingerprint density at radius 2 is 1.85 bits per heavy atom. The highest BCUT2D eigenvalue weighted by molar-refractivity contribution is 6.53. The molecule has 0 aromatic heterocycles. The van der Waals surface area contributed by atoms with Crippen molar-refractivity contribution in [3.8, 4) is 6.07 Å². The van der Waals surface area contributed by atoms with E-state index in [0.717, 1.165) is 12.1 Å². The molecule has 33 heavy (non-hydrogen) atoms. The Balaban J connectivity index is 1.52. The van der Waals surface area contributed by atoms with Crippen LogP contribution < -0.4 is 10.6 Å². The van der Waals surface area contributed by atoms with Crippen LogP contribution in [0.5, 0.6) is 0 Å². The van der Waals surface area contributed by atoms with Crippen LogP contribution in [0.4, 0.5) is 18.9 Å². The molecule has 0 bridgehead atoms. The minimum atomic E-state index is -2.90. The molecular formula is C22H15Cl3F3N3O2. The van der Waals surface area contributed by atoms with Gasteiger partial charge in [-0.25, -0.2) is 13.2 Å². The summed E-state index contributed by atoms with van der Waals surface area (Å²) in [5, 5.41) is 14.5. The van der Waals surface area contributed by atoms with Gasteiger partial charge in [-0.15, -0.1) is 23.2 Å². The van der Waals surface area contributed by atoms with Crippen molar-refractivity contribution in [3.63, 3.8) is 0 Å². The number of amides is 2. The minimum absolute atomic E-state index is 0.0538. The Kier molecular flexibility index (Phi) is 6.02. The van der Waals surface area contributed by atoms with Gasteiger partial charge < -0.3 is 10.6 Å². The van der Waals surface area contributed by atoms with Crippen LogP contribution in [0.25, 0.3) is 0 Å². The fraction of sp³-hybridized carbons (Fsp3) is 0.318. The molecule has 0 saturated heterocycles. The molecular weight excluding hydrogens is 502 g/mol. The second kappa shape index (κ2) is 8.39. The lowest BCUT2D eigenvalue weighted by Gasteiger charge is -2.12. The van der Waals surface area contributed by atoms with Gasteiger partial charge in [-0.3, -0.25) is 9.59 Å². The minimum Gasteiger partial charge on any atom is -0.334 e. The molecule has 2 aromatic rings. The molecule has 0 aliphatic heterocycles. The van der Waals surface area contributed by atoms with Gasteiger partial charge in [0.25, 0.3) is 12.3 Å². The Hall–Kier alpha value is -2.47. The normalized spacial score (nSPS) is 21.8. The van der Waals surface area contributed by atoms with Gasteiger partial charge in [0.2, 0.25) is 5.91 Å². The molecule has 2 saturated carbocycles. The van der Waals surface area contributed by atoms with Crippen LogP contribution in [0.2, 0.25) is 5.02 Å². The van der Waals surface area contributed by atoms with Gasteiger partial charge in [-0.05, 0) is 54.8 Å². The zero-order valence-electron chi connectivity index (χ0n) is 16.6. The summed E-state index contributed by atoms with van der Waals surface area (Å²) in [5.41, 5.74) is -1.10. The summed E-state index contributed by atoms with van der Waals surface area (Å²) in [4.78, 5) is 25.4. The number of halogens is 6. The van der Waals surface area contributed by atoms with Crippen molar-refractivity contribution in [2.24, 2.45) is 5.92 Å². The first-order chi connectivity index (χ1) is 15.5. The van der Waals surface area contributed by atoms with Gasteiger partial charge in [0.15, 0.2) is 0 Å². The number of benzene rings is 2. The van der Waals surface area contributed by atoms with Crippen molar-refractivity contribution in [1.82, 2.24) is 5.32 Å². The molecule has 11 heteroatoms. The Labute approximate surface area is 201 Å². The Morgan fingerprint density at radius 3 is 2.45 bits per heavy atom. The molecule has 2 aliphatic carbocycles. The quantitative estimate of drug-likeness (QED) is 0.481. The molecule has 2 aromatic carbocycles.